The van der Waals surface area contributed by atoms with Gasteiger partial charge in [-0.1, -0.05) is 0 Å². The van der Waals surface area contributed by atoms with E-state index >= 15 is 0 Å². The van der Waals surface area contributed by atoms with E-state index < -0.39 is 0 Å². The van der Waals surface area contributed by atoms with Crippen LogP contribution >= 0.6 is 15.9 Å². The van der Waals surface area contributed by atoms with Crippen LogP contribution in [0.15, 0.2) is 22.7 Å². The molecule has 2 amide bonds. The normalized spacial score (nSPS) is 10.3. The summed E-state index contributed by atoms with van der Waals surface area (Å²) in [5, 5.41) is 5.45. The maximum absolute atomic E-state index is 11.8. The summed E-state index contributed by atoms with van der Waals surface area (Å²) in [7, 11) is 0. The van der Waals surface area contributed by atoms with E-state index in [-0.39, 0.29) is 24.3 Å². The molecule has 0 heterocycles. The first-order valence-corrected chi connectivity index (χ1v) is 6.82. The van der Waals surface area contributed by atoms with Crippen LogP contribution in [0.1, 0.15) is 30.6 Å². The Morgan fingerprint density at radius 3 is 2.63 bits per heavy atom. The van der Waals surface area contributed by atoms with Gasteiger partial charge < -0.3 is 16.4 Å². The Morgan fingerprint density at radius 2 is 2.05 bits per heavy atom. The van der Waals surface area contributed by atoms with Crippen LogP contribution in [-0.2, 0) is 4.79 Å². The van der Waals surface area contributed by atoms with E-state index in [1.807, 2.05) is 13.8 Å². The number of anilines is 1. The van der Waals surface area contributed by atoms with Crippen LogP contribution < -0.4 is 16.4 Å². The van der Waals surface area contributed by atoms with Gasteiger partial charge in [0.25, 0.3) is 5.91 Å². The van der Waals surface area contributed by atoms with E-state index in [1.165, 1.54) is 0 Å². The lowest BCUT2D eigenvalue weighted by molar-refractivity contribution is -0.121. The van der Waals surface area contributed by atoms with Gasteiger partial charge in [0.15, 0.2) is 0 Å². The minimum absolute atomic E-state index is 0.0752. The number of amides is 2. The standard InChI is InChI=1S/C13H18BrN3O2/c1-8(2)17-12(18)5-6-16-13(19)9-3-4-11(15)10(14)7-9/h3-4,7-8H,5-6,15H2,1-2H3,(H,16,19)(H,17,18). The van der Waals surface area contributed by atoms with Crippen LogP contribution in [0.3, 0.4) is 0 Å². The van der Waals surface area contributed by atoms with Gasteiger partial charge in [0.1, 0.15) is 0 Å². The molecule has 0 aliphatic heterocycles. The Bertz CT molecular complexity index is 475. The zero-order chi connectivity index (χ0) is 14.4. The Labute approximate surface area is 121 Å². The molecular weight excluding hydrogens is 310 g/mol. The third kappa shape index (κ3) is 5.30. The first-order chi connectivity index (χ1) is 8.90. The van der Waals surface area contributed by atoms with Gasteiger partial charge in [0.05, 0.1) is 0 Å². The average Bonchev–Trinajstić information content (AvgIpc) is 2.31. The number of carbonyl (C=O) groups is 2. The Kier molecular flexibility index (Phi) is 5.82. The highest BCUT2D eigenvalue weighted by Crippen LogP contribution is 2.20. The van der Waals surface area contributed by atoms with Gasteiger partial charge in [-0.25, -0.2) is 0 Å². The Hall–Kier alpha value is -1.56. The summed E-state index contributed by atoms with van der Waals surface area (Å²) in [6.07, 6.45) is 0.264. The van der Waals surface area contributed by atoms with Gasteiger partial charge in [-0.15, -0.1) is 0 Å². The van der Waals surface area contributed by atoms with Crippen molar-refractivity contribution in [3.8, 4) is 0 Å². The van der Waals surface area contributed by atoms with Crippen molar-refractivity contribution in [2.24, 2.45) is 0 Å². The van der Waals surface area contributed by atoms with Crippen molar-refractivity contribution in [3.05, 3.63) is 28.2 Å². The monoisotopic (exact) mass is 327 g/mol. The van der Waals surface area contributed by atoms with Crippen molar-refractivity contribution >= 4 is 33.4 Å². The third-order valence-corrected chi connectivity index (χ3v) is 3.04. The zero-order valence-corrected chi connectivity index (χ0v) is 12.6. The lowest BCUT2D eigenvalue weighted by Crippen LogP contribution is -2.34. The topological polar surface area (TPSA) is 84.2 Å². The third-order valence-electron chi connectivity index (χ3n) is 2.35. The number of benzene rings is 1. The Morgan fingerprint density at radius 1 is 1.37 bits per heavy atom. The summed E-state index contributed by atoms with van der Waals surface area (Å²) in [4.78, 5) is 23.2. The number of nitrogens with one attached hydrogen (secondary N) is 2. The highest BCUT2D eigenvalue weighted by molar-refractivity contribution is 9.10. The number of halogens is 1. The minimum atomic E-state index is -0.224. The highest BCUT2D eigenvalue weighted by atomic mass is 79.9. The molecule has 1 rings (SSSR count). The van der Waals surface area contributed by atoms with Crippen LogP contribution in [0.5, 0.6) is 0 Å². The van der Waals surface area contributed by atoms with E-state index in [2.05, 4.69) is 26.6 Å². The van der Waals surface area contributed by atoms with Crippen LogP contribution in [-0.4, -0.2) is 24.4 Å². The summed E-state index contributed by atoms with van der Waals surface area (Å²) in [5.74, 6) is -0.299. The number of rotatable bonds is 5. The molecule has 0 saturated heterocycles. The minimum Gasteiger partial charge on any atom is -0.398 e. The van der Waals surface area contributed by atoms with E-state index in [0.717, 1.165) is 0 Å². The lowest BCUT2D eigenvalue weighted by Gasteiger charge is -2.09. The zero-order valence-electron chi connectivity index (χ0n) is 11.0. The smallest absolute Gasteiger partial charge is 0.251 e. The second-order valence-corrected chi connectivity index (χ2v) is 5.32. The van der Waals surface area contributed by atoms with Crippen LogP contribution in [0.25, 0.3) is 0 Å². The molecule has 19 heavy (non-hydrogen) atoms. The van der Waals surface area contributed by atoms with Crippen LogP contribution in [0, 0.1) is 0 Å². The molecule has 0 unspecified atom stereocenters. The molecule has 0 aromatic heterocycles. The molecule has 0 spiro atoms. The van der Waals surface area contributed by atoms with Crippen LogP contribution in [0.2, 0.25) is 0 Å². The first-order valence-electron chi connectivity index (χ1n) is 6.02. The molecule has 1 aromatic carbocycles. The van der Waals surface area contributed by atoms with Crippen molar-refractivity contribution in [3.63, 3.8) is 0 Å². The molecule has 4 N–H and O–H groups in total. The maximum Gasteiger partial charge on any atom is 0.251 e. The number of nitrogen functional groups attached to an aromatic ring is 1. The SMILES string of the molecule is CC(C)NC(=O)CCNC(=O)c1ccc(N)c(Br)c1. The molecule has 1 aromatic rings. The van der Waals surface area contributed by atoms with Gasteiger partial charge in [0, 0.05) is 34.7 Å². The second-order valence-electron chi connectivity index (χ2n) is 4.46. The van der Waals surface area contributed by atoms with Crippen molar-refractivity contribution < 1.29 is 9.59 Å². The van der Waals surface area contributed by atoms with Gasteiger partial charge in [-0.05, 0) is 48.0 Å². The summed E-state index contributed by atoms with van der Waals surface area (Å²) in [6, 6.07) is 5.06. The largest absolute Gasteiger partial charge is 0.398 e. The van der Waals surface area contributed by atoms with Crippen LogP contribution in [0.4, 0.5) is 5.69 Å². The molecule has 0 fully saturated rings. The van der Waals surface area contributed by atoms with E-state index in [0.29, 0.717) is 22.3 Å². The molecule has 0 aliphatic carbocycles. The van der Waals surface area contributed by atoms with E-state index in [1.54, 1.807) is 18.2 Å². The quantitative estimate of drug-likeness (QED) is 0.719. The van der Waals surface area contributed by atoms with E-state index in [4.69, 9.17) is 5.73 Å². The highest BCUT2D eigenvalue weighted by Gasteiger charge is 2.08. The molecule has 0 aliphatic rings. The van der Waals surface area contributed by atoms with Crippen molar-refractivity contribution in [2.45, 2.75) is 26.3 Å². The fourth-order valence-electron chi connectivity index (χ4n) is 1.45. The van der Waals surface area contributed by atoms with Gasteiger partial charge >= 0.3 is 0 Å². The van der Waals surface area contributed by atoms with Crippen molar-refractivity contribution in [1.82, 2.24) is 10.6 Å². The summed E-state index contributed by atoms with van der Waals surface area (Å²) < 4.78 is 0.678. The number of hydrogen-bond donors (Lipinski definition) is 3. The Balaban J connectivity index is 2.43. The maximum atomic E-state index is 11.8. The summed E-state index contributed by atoms with van der Waals surface area (Å²) in [6.45, 7) is 4.09. The predicted molar refractivity (Wildman–Crippen MR) is 78.8 cm³/mol. The molecule has 6 heteroatoms. The van der Waals surface area contributed by atoms with Crippen molar-refractivity contribution in [2.75, 3.05) is 12.3 Å². The van der Waals surface area contributed by atoms with Gasteiger partial charge in [-0.3, -0.25) is 9.59 Å². The number of nitrogens with two attached hydrogens (primary N) is 1. The number of carbonyl (C=O) groups excluding carboxylic acids is 2. The van der Waals surface area contributed by atoms with Gasteiger partial charge in [-0.2, -0.15) is 0 Å². The molecule has 0 radical (unpaired) electrons. The number of hydrogen-bond acceptors (Lipinski definition) is 3. The predicted octanol–water partition coefficient (Wildman–Crippen LogP) is 1.68. The van der Waals surface area contributed by atoms with Gasteiger partial charge in [0.2, 0.25) is 5.91 Å². The van der Waals surface area contributed by atoms with Crippen molar-refractivity contribution in [1.29, 1.82) is 0 Å². The summed E-state index contributed by atoms with van der Waals surface area (Å²) in [5.41, 5.74) is 6.73. The average molecular weight is 328 g/mol. The second kappa shape index (κ2) is 7.13. The molecule has 5 nitrogen and oxygen atoms in total. The first kappa shape index (κ1) is 15.5. The fourth-order valence-corrected chi connectivity index (χ4v) is 1.83. The summed E-state index contributed by atoms with van der Waals surface area (Å²) >= 11 is 3.26. The molecule has 0 atom stereocenters. The molecule has 0 saturated carbocycles. The molecule has 0 bridgehead atoms. The lowest BCUT2D eigenvalue weighted by atomic mass is 10.2. The van der Waals surface area contributed by atoms with E-state index in [9.17, 15) is 9.59 Å². The fraction of sp³-hybridized carbons (Fsp3) is 0.385. The molecule has 104 valence electrons. The molecular formula is C13H18BrN3O2.